The molecule has 0 N–H and O–H groups in total. The summed E-state index contributed by atoms with van der Waals surface area (Å²) in [6.45, 7) is 0. The van der Waals surface area contributed by atoms with E-state index >= 15 is 0 Å². The lowest BCUT2D eigenvalue weighted by Gasteiger charge is -2.33. The van der Waals surface area contributed by atoms with E-state index in [0.717, 1.165) is 0 Å². The first-order chi connectivity index (χ1) is 8.33. The third-order valence-electron chi connectivity index (χ3n) is 2.35. The van der Waals surface area contributed by atoms with Crippen molar-refractivity contribution < 1.29 is 33.7 Å². The van der Waals surface area contributed by atoms with Gasteiger partial charge in [0.15, 0.2) is 0 Å². The predicted molar refractivity (Wildman–Crippen MR) is 53.3 cm³/mol. The fourth-order valence-electron chi connectivity index (χ4n) is 1.41. The summed E-state index contributed by atoms with van der Waals surface area (Å²) >= 11 is 0. The van der Waals surface area contributed by atoms with Gasteiger partial charge in [-0.05, 0) is 24.7 Å². The molecule has 1 rings (SSSR count). The topological polar surface area (TPSA) is 134 Å². The quantitative estimate of drug-likeness (QED) is 0.511. The fourth-order valence-corrected chi connectivity index (χ4v) is 2.99. The summed E-state index contributed by atoms with van der Waals surface area (Å²) in [5, 5.41) is 21.0. The first kappa shape index (κ1) is 14.5. The SMILES string of the molecule is O=C([O-])CCP(=O)([O-])C(Cc1ccco1)C(=O)[O-]. The zero-order valence-electron chi connectivity index (χ0n) is 9.24. The van der Waals surface area contributed by atoms with Crippen LogP contribution in [0.3, 0.4) is 0 Å². The van der Waals surface area contributed by atoms with Crippen LogP contribution in [0.25, 0.3) is 0 Å². The van der Waals surface area contributed by atoms with Crippen molar-refractivity contribution in [1.82, 2.24) is 0 Å². The molecule has 0 aliphatic rings. The summed E-state index contributed by atoms with van der Waals surface area (Å²) < 4.78 is 16.5. The minimum atomic E-state index is -4.45. The van der Waals surface area contributed by atoms with Crippen LogP contribution in [0.2, 0.25) is 0 Å². The van der Waals surface area contributed by atoms with Gasteiger partial charge in [0.2, 0.25) is 0 Å². The molecule has 0 saturated heterocycles. The van der Waals surface area contributed by atoms with Crippen LogP contribution in [0, 0.1) is 0 Å². The number of carboxylic acids is 2. The normalized spacial score (nSPS) is 15.8. The summed E-state index contributed by atoms with van der Waals surface area (Å²) in [6.07, 6.45) is -0.640. The minimum absolute atomic E-state index is 0.175. The first-order valence-corrected chi connectivity index (χ1v) is 6.93. The van der Waals surface area contributed by atoms with Crippen LogP contribution < -0.4 is 15.1 Å². The Balaban J connectivity index is 2.80. The van der Waals surface area contributed by atoms with Crippen molar-refractivity contribution in [2.75, 3.05) is 6.16 Å². The van der Waals surface area contributed by atoms with Crippen LogP contribution in [0.4, 0.5) is 0 Å². The van der Waals surface area contributed by atoms with E-state index in [1.807, 2.05) is 0 Å². The summed E-state index contributed by atoms with van der Waals surface area (Å²) in [5.74, 6) is -3.15. The van der Waals surface area contributed by atoms with Gasteiger partial charge in [-0.1, -0.05) is 0 Å². The van der Waals surface area contributed by atoms with Gasteiger partial charge in [-0.2, -0.15) is 0 Å². The highest BCUT2D eigenvalue weighted by Crippen LogP contribution is 2.43. The summed E-state index contributed by atoms with van der Waals surface area (Å²) in [7, 11) is -4.45. The molecule has 2 unspecified atom stereocenters. The van der Waals surface area contributed by atoms with Crippen LogP contribution in [-0.4, -0.2) is 23.8 Å². The third-order valence-corrected chi connectivity index (χ3v) is 4.54. The van der Waals surface area contributed by atoms with E-state index in [9.17, 15) is 29.3 Å². The minimum Gasteiger partial charge on any atom is -0.799 e. The Bertz CT molecular complexity index is 465. The second-order valence-corrected chi connectivity index (χ2v) is 6.21. The van der Waals surface area contributed by atoms with Crippen molar-refractivity contribution in [2.45, 2.75) is 18.5 Å². The molecule has 1 aromatic heterocycles. The molecule has 8 heteroatoms. The van der Waals surface area contributed by atoms with E-state index in [4.69, 9.17) is 4.42 Å². The van der Waals surface area contributed by atoms with E-state index in [1.54, 1.807) is 0 Å². The lowest BCUT2D eigenvalue weighted by atomic mass is 10.2. The van der Waals surface area contributed by atoms with Gasteiger partial charge >= 0.3 is 0 Å². The summed E-state index contributed by atoms with van der Waals surface area (Å²) in [4.78, 5) is 32.7. The highest BCUT2D eigenvalue weighted by atomic mass is 31.2. The molecule has 0 aliphatic carbocycles. The number of aliphatic carboxylic acids is 2. The molecular formula is C10H10O7P-3. The number of carbonyl (C=O) groups excluding carboxylic acids is 2. The van der Waals surface area contributed by atoms with Gasteiger partial charge in [-0.15, -0.1) is 0 Å². The molecule has 0 fully saturated rings. The number of carbonyl (C=O) groups is 2. The van der Waals surface area contributed by atoms with Crippen LogP contribution >= 0.6 is 7.37 Å². The van der Waals surface area contributed by atoms with Crippen molar-refractivity contribution in [2.24, 2.45) is 0 Å². The highest BCUT2D eigenvalue weighted by Gasteiger charge is 2.24. The Morgan fingerprint density at radius 2 is 2.06 bits per heavy atom. The smallest absolute Gasteiger partial charge is 0.104 e. The monoisotopic (exact) mass is 273 g/mol. The Labute approximate surface area is 102 Å². The third kappa shape index (κ3) is 4.01. The maximum absolute atomic E-state index is 11.7. The number of hydrogen-bond acceptors (Lipinski definition) is 7. The summed E-state index contributed by atoms with van der Waals surface area (Å²) in [5.41, 5.74) is -1.80. The highest BCUT2D eigenvalue weighted by molar-refractivity contribution is 7.58. The standard InChI is InChI=1S/C10H13O7P/c11-9(12)3-5-18(15,16)8(10(13)14)6-7-2-1-4-17-7/h1-2,4,8H,3,5-6H2,(H,11,12)(H,13,14)(H,15,16)/p-3. The maximum Gasteiger partial charge on any atom is 0.104 e. The fraction of sp³-hybridized carbons (Fsp3) is 0.400. The Kier molecular flexibility index (Phi) is 4.69. The van der Waals surface area contributed by atoms with Gasteiger partial charge in [-0.25, -0.2) is 0 Å². The molecule has 0 bridgehead atoms. The zero-order chi connectivity index (χ0) is 13.8. The average molecular weight is 273 g/mol. The molecule has 0 radical (unpaired) electrons. The van der Waals surface area contributed by atoms with Crippen LogP contribution in [0.1, 0.15) is 12.2 Å². The van der Waals surface area contributed by atoms with E-state index in [0.29, 0.717) is 0 Å². The largest absolute Gasteiger partial charge is 0.799 e. The number of carboxylic acid groups (broad SMARTS) is 2. The number of furan rings is 1. The maximum atomic E-state index is 11.7. The van der Waals surface area contributed by atoms with Crippen LogP contribution in [0.5, 0.6) is 0 Å². The van der Waals surface area contributed by atoms with E-state index in [1.165, 1.54) is 18.4 Å². The lowest BCUT2D eigenvalue weighted by Crippen LogP contribution is -2.40. The molecule has 0 spiro atoms. The molecule has 100 valence electrons. The molecule has 2 atom stereocenters. The van der Waals surface area contributed by atoms with Crippen molar-refractivity contribution >= 4 is 19.3 Å². The van der Waals surface area contributed by atoms with Crippen molar-refractivity contribution in [3.8, 4) is 0 Å². The second kappa shape index (κ2) is 5.84. The molecule has 0 aromatic carbocycles. The molecular weight excluding hydrogens is 263 g/mol. The predicted octanol–water partition coefficient (Wildman–Crippen LogP) is -2.28. The molecule has 0 aliphatic heterocycles. The molecule has 7 nitrogen and oxygen atoms in total. The Hall–Kier alpha value is -1.59. The second-order valence-electron chi connectivity index (χ2n) is 3.69. The van der Waals surface area contributed by atoms with Gasteiger partial charge in [0.1, 0.15) is 5.76 Å². The van der Waals surface area contributed by atoms with Crippen molar-refractivity contribution in [3.05, 3.63) is 24.2 Å². The van der Waals surface area contributed by atoms with Gasteiger partial charge in [0.25, 0.3) is 0 Å². The van der Waals surface area contributed by atoms with Crippen LogP contribution in [0.15, 0.2) is 22.8 Å². The first-order valence-electron chi connectivity index (χ1n) is 5.06. The van der Waals surface area contributed by atoms with Crippen molar-refractivity contribution in [3.63, 3.8) is 0 Å². The Morgan fingerprint density at radius 1 is 1.39 bits per heavy atom. The molecule has 1 heterocycles. The Morgan fingerprint density at radius 3 is 2.50 bits per heavy atom. The van der Waals surface area contributed by atoms with E-state index < -0.39 is 37.5 Å². The number of rotatable bonds is 7. The zero-order valence-corrected chi connectivity index (χ0v) is 10.1. The van der Waals surface area contributed by atoms with E-state index in [2.05, 4.69) is 0 Å². The summed E-state index contributed by atoms with van der Waals surface area (Å²) in [6, 6.07) is 2.91. The van der Waals surface area contributed by atoms with Gasteiger partial charge in [0.05, 0.1) is 12.2 Å². The molecule has 0 saturated carbocycles. The van der Waals surface area contributed by atoms with Gasteiger partial charge < -0.3 is 33.7 Å². The van der Waals surface area contributed by atoms with Crippen molar-refractivity contribution in [1.29, 1.82) is 0 Å². The molecule has 18 heavy (non-hydrogen) atoms. The molecule has 0 amide bonds. The van der Waals surface area contributed by atoms with Gasteiger partial charge in [0, 0.05) is 25.4 Å². The number of hydrogen-bond donors (Lipinski definition) is 0. The average Bonchev–Trinajstić information content (AvgIpc) is 2.75. The lowest BCUT2D eigenvalue weighted by molar-refractivity contribution is -0.308. The van der Waals surface area contributed by atoms with Crippen LogP contribution in [-0.2, 0) is 20.6 Å². The van der Waals surface area contributed by atoms with E-state index in [-0.39, 0.29) is 12.2 Å². The van der Waals surface area contributed by atoms with Gasteiger partial charge in [-0.3, -0.25) is 0 Å². The molecule has 1 aromatic rings.